The molecule has 0 unspecified atom stereocenters. The Bertz CT molecular complexity index is 750. The Morgan fingerprint density at radius 3 is 2.36 bits per heavy atom. The maximum absolute atomic E-state index is 12.4. The molecule has 0 spiro atoms. The van der Waals surface area contributed by atoms with Crippen molar-refractivity contribution in [3.8, 4) is 5.75 Å². The van der Waals surface area contributed by atoms with Gasteiger partial charge in [0.05, 0.1) is 25.2 Å². The summed E-state index contributed by atoms with van der Waals surface area (Å²) < 4.78 is 62.7. The highest BCUT2D eigenvalue weighted by atomic mass is 32.2. The van der Waals surface area contributed by atoms with Gasteiger partial charge in [0, 0.05) is 32.8 Å². The van der Waals surface area contributed by atoms with Crippen molar-refractivity contribution in [2.24, 2.45) is 0 Å². The molecule has 144 valence electrons. The standard InChI is InChI=1S/C14H25N3O6S2/c1-4-24(18,19)17-12-5-6-14(13(11-12)23-3)25(20,21)16-8-7-15-9-10-22-2/h5-6,11,15-17H,4,7-10H2,1-3H3. The number of hydrogen-bond acceptors (Lipinski definition) is 7. The molecule has 0 amide bonds. The van der Waals surface area contributed by atoms with Crippen LogP contribution in [0.4, 0.5) is 5.69 Å². The quantitative estimate of drug-likeness (QED) is 0.425. The number of rotatable bonds is 12. The van der Waals surface area contributed by atoms with E-state index in [-0.39, 0.29) is 28.6 Å². The van der Waals surface area contributed by atoms with Gasteiger partial charge in [-0.05, 0) is 19.1 Å². The minimum atomic E-state index is -3.79. The average molecular weight is 396 g/mol. The lowest BCUT2D eigenvalue weighted by Crippen LogP contribution is -2.33. The second-order valence-corrected chi connectivity index (χ2v) is 8.76. The van der Waals surface area contributed by atoms with Gasteiger partial charge >= 0.3 is 0 Å². The maximum Gasteiger partial charge on any atom is 0.244 e. The van der Waals surface area contributed by atoms with E-state index >= 15 is 0 Å². The average Bonchev–Trinajstić information content (AvgIpc) is 2.57. The normalized spacial score (nSPS) is 12.1. The van der Waals surface area contributed by atoms with E-state index in [1.165, 1.54) is 32.2 Å². The van der Waals surface area contributed by atoms with Gasteiger partial charge in [0.25, 0.3) is 0 Å². The third kappa shape index (κ3) is 7.16. The zero-order valence-electron chi connectivity index (χ0n) is 14.5. The van der Waals surface area contributed by atoms with Crippen LogP contribution in [0.2, 0.25) is 0 Å². The minimum absolute atomic E-state index is 0.0520. The first-order valence-corrected chi connectivity index (χ1v) is 10.8. The fourth-order valence-electron chi connectivity index (χ4n) is 1.86. The highest BCUT2D eigenvalue weighted by molar-refractivity contribution is 7.92. The monoisotopic (exact) mass is 395 g/mol. The van der Waals surface area contributed by atoms with Crippen molar-refractivity contribution < 1.29 is 26.3 Å². The van der Waals surface area contributed by atoms with Crippen LogP contribution in [-0.4, -0.2) is 63.0 Å². The molecule has 0 aliphatic heterocycles. The Labute approximate surface area is 149 Å². The number of hydrogen-bond donors (Lipinski definition) is 3. The molecule has 3 N–H and O–H groups in total. The summed E-state index contributed by atoms with van der Waals surface area (Å²) in [7, 11) is -4.34. The number of nitrogens with one attached hydrogen (secondary N) is 3. The third-order valence-corrected chi connectivity index (χ3v) is 5.99. The van der Waals surface area contributed by atoms with Crippen molar-refractivity contribution in [3.63, 3.8) is 0 Å². The Morgan fingerprint density at radius 2 is 1.76 bits per heavy atom. The molecule has 1 aromatic rings. The molecule has 25 heavy (non-hydrogen) atoms. The summed E-state index contributed by atoms with van der Waals surface area (Å²) in [6.07, 6.45) is 0. The molecule has 0 fully saturated rings. The van der Waals surface area contributed by atoms with Crippen molar-refractivity contribution >= 4 is 25.7 Å². The molecule has 0 bridgehead atoms. The number of benzene rings is 1. The van der Waals surface area contributed by atoms with Crippen LogP contribution in [0.15, 0.2) is 23.1 Å². The zero-order valence-corrected chi connectivity index (χ0v) is 16.2. The molecule has 0 saturated heterocycles. The highest BCUT2D eigenvalue weighted by Crippen LogP contribution is 2.27. The summed E-state index contributed by atoms with van der Waals surface area (Å²) in [5.74, 6) is -0.0383. The number of anilines is 1. The molecule has 0 radical (unpaired) electrons. The Hall–Kier alpha value is -1.40. The van der Waals surface area contributed by atoms with E-state index in [0.717, 1.165) is 0 Å². The molecular formula is C14H25N3O6S2. The molecule has 0 aliphatic rings. The first-order valence-electron chi connectivity index (χ1n) is 7.63. The fraction of sp³-hybridized carbons (Fsp3) is 0.571. The van der Waals surface area contributed by atoms with Crippen LogP contribution in [0.1, 0.15) is 6.92 Å². The highest BCUT2D eigenvalue weighted by Gasteiger charge is 2.20. The third-order valence-electron chi connectivity index (χ3n) is 3.18. The van der Waals surface area contributed by atoms with Gasteiger partial charge in [-0.15, -0.1) is 0 Å². The predicted octanol–water partition coefficient (Wildman–Crippen LogP) is -0.0289. The molecule has 11 heteroatoms. The minimum Gasteiger partial charge on any atom is -0.495 e. The topological polar surface area (TPSA) is 123 Å². The van der Waals surface area contributed by atoms with Crippen molar-refractivity contribution in [2.45, 2.75) is 11.8 Å². The van der Waals surface area contributed by atoms with E-state index < -0.39 is 20.0 Å². The van der Waals surface area contributed by atoms with Crippen LogP contribution in [0, 0.1) is 0 Å². The van der Waals surface area contributed by atoms with E-state index in [0.29, 0.717) is 19.7 Å². The van der Waals surface area contributed by atoms with Crippen LogP contribution >= 0.6 is 0 Å². The smallest absolute Gasteiger partial charge is 0.244 e. The Kier molecular flexibility index (Phi) is 8.59. The van der Waals surface area contributed by atoms with Crippen molar-refractivity contribution in [3.05, 3.63) is 18.2 Å². The lowest BCUT2D eigenvalue weighted by atomic mass is 10.3. The van der Waals surface area contributed by atoms with Crippen molar-refractivity contribution in [2.75, 3.05) is 50.9 Å². The van der Waals surface area contributed by atoms with Gasteiger partial charge in [-0.1, -0.05) is 0 Å². The summed E-state index contributed by atoms with van der Waals surface area (Å²) in [4.78, 5) is -0.0636. The molecule has 0 atom stereocenters. The molecule has 0 saturated carbocycles. The lowest BCUT2D eigenvalue weighted by Gasteiger charge is -2.13. The largest absolute Gasteiger partial charge is 0.495 e. The molecule has 1 aromatic carbocycles. The molecular weight excluding hydrogens is 370 g/mol. The molecule has 1 rings (SSSR count). The van der Waals surface area contributed by atoms with Gasteiger partial charge in [0.15, 0.2) is 0 Å². The maximum atomic E-state index is 12.4. The van der Waals surface area contributed by atoms with Gasteiger partial charge in [0.1, 0.15) is 10.6 Å². The van der Waals surface area contributed by atoms with E-state index in [1.54, 1.807) is 7.11 Å². The van der Waals surface area contributed by atoms with Crippen LogP contribution in [0.25, 0.3) is 0 Å². The summed E-state index contributed by atoms with van der Waals surface area (Å²) >= 11 is 0. The molecule has 0 aromatic heterocycles. The summed E-state index contributed by atoms with van der Waals surface area (Å²) in [6, 6.07) is 4.01. The van der Waals surface area contributed by atoms with Crippen LogP contribution < -0.4 is 19.5 Å². The van der Waals surface area contributed by atoms with E-state index in [2.05, 4.69) is 14.8 Å². The van der Waals surface area contributed by atoms with Gasteiger partial charge in [-0.2, -0.15) is 0 Å². The van der Waals surface area contributed by atoms with Crippen LogP contribution in [0.3, 0.4) is 0 Å². The Balaban J connectivity index is 2.82. The second kappa shape index (κ2) is 9.92. The van der Waals surface area contributed by atoms with E-state index in [9.17, 15) is 16.8 Å². The van der Waals surface area contributed by atoms with Gasteiger partial charge in [0.2, 0.25) is 20.0 Å². The van der Waals surface area contributed by atoms with Crippen molar-refractivity contribution in [1.82, 2.24) is 10.0 Å². The number of methoxy groups -OCH3 is 2. The molecule has 9 nitrogen and oxygen atoms in total. The number of ether oxygens (including phenoxy) is 2. The van der Waals surface area contributed by atoms with Crippen LogP contribution in [0.5, 0.6) is 5.75 Å². The van der Waals surface area contributed by atoms with Gasteiger partial charge in [-0.25, -0.2) is 21.6 Å². The molecule has 0 aliphatic carbocycles. The summed E-state index contributed by atoms with van der Waals surface area (Å²) in [5, 5.41) is 3.02. The second-order valence-electron chi connectivity index (χ2n) is 5.01. The van der Waals surface area contributed by atoms with Crippen LogP contribution in [-0.2, 0) is 24.8 Å². The summed E-state index contributed by atoms with van der Waals surface area (Å²) in [5.41, 5.74) is 0.235. The van der Waals surface area contributed by atoms with E-state index in [4.69, 9.17) is 9.47 Å². The first-order chi connectivity index (χ1) is 11.8. The predicted molar refractivity (Wildman–Crippen MR) is 96.0 cm³/mol. The van der Waals surface area contributed by atoms with Gasteiger partial charge < -0.3 is 14.8 Å². The number of sulfonamides is 2. The van der Waals surface area contributed by atoms with E-state index in [1.807, 2.05) is 0 Å². The van der Waals surface area contributed by atoms with Gasteiger partial charge in [-0.3, -0.25) is 4.72 Å². The first kappa shape index (κ1) is 21.6. The Morgan fingerprint density at radius 1 is 1.04 bits per heavy atom. The SMILES string of the molecule is CCS(=O)(=O)Nc1ccc(S(=O)(=O)NCCNCCOC)c(OC)c1. The fourth-order valence-corrected chi connectivity index (χ4v) is 3.67. The van der Waals surface area contributed by atoms with Crippen molar-refractivity contribution in [1.29, 1.82) is 0 Å². The lowest BCUT2D eigenvalue weighted by molar-refractivity contribution is 0.199. The zero-order chi connectivity index (χ0) is 18.9. The molecule has 0 heterocycles. The summed E-state index contributed by atoms with van der Waals surface area (Å²) in [6.45, 7) is 3.30.